The topological polar surface area (TPSA) is 72.7 Å². The Balaban J connectivity index is 1.93. The number of nitrogens with zero attached hydrogens (tertiary/aromatic N) is 4. The molecule has 9 heteroatoms. The van der Waals surface area contributed by atoms with Crippen molar-refractivity contribution in [2.75, 3.05) is 5.32 Å². The van der Waals surface area contributed by atoms with Crippen LogP contribution in [-0.4, -0.2) is 31.6 Å². The van der Waals surface area contributed by atoms with Gasteiger partial charge in [0.1, 0.15) is 12.0 Å². The Bertz CT molecular complexity index is 1090. The van der Waals surface area contributed by atoms with Gasteiger partial charge < -0.3 is 9.88 Å². The van der Waals surface area contributed by atoms with Crippen molar-refractivity contribution in [3.8, 4) is 11.3 Å². The van der Waals surface area contributed by atoms with Crippen LogP contribution in [0, 0.1) is 6.92 Å². The molecule has 1 saturated carbocycles. The summed E-state index contributed by atoms with van der Waals surface area (Å²) in [5.74, 6) is -3.74. The molecule has 0 aromatic carbocycles. The molecule has 0 radical (unpaired) electrons. The minimum atomic E-state index is -3.19. The zero-order valence-electron chi connectivity index (χ0n) is 15.5. The number of aromatic nitrogens is 4. The molecule has 146 valence electrons. The van der Waals surface area contributed by atoms with Gasteiger partial charge in [-0.15, -0.1) is 0 Å². The zero-order chi connectivity index (χ0) is 20.2. The molecule has 3 aromatic rings. The standard InChI is InChI=1S/C19H18F3N5O/c1-9-4-14(26-18(24-9)19(3,21)22)12-8-27(15-6-13(15)20)16-7-23-17(5-11(12)16)25-10(2)28/h4-5,7-8,13,15H,6H2,1-3H3,(H,23,25,28)/t13-,15-/m1/s1. The molecule has 2 atom stereocenters. The van der Waals surface area contributed by atoms with Crippen LogP contribution >= 0.6 is 0 Å². The van der Waals surface area contributed by atoms with Crippen molar-refractivity contribution in [1.82, 2.24) is 19.5 Å². The quantitative estimate of drug-likeness (QED) is 0.727. The summed E-state index contributed by atoms with van der Waals surface area (Å²) >= 11 is 0. The van der Waals surface area contributed by atoms with Crippen LogP contribution in [0.5, 0.6) is 0 Å². The van der Waals surface area contributed by atoms with E-state index in [4.69, 9.17) is 0 Å². The van der Waals surface area contributed by atoms with Crippen LogP contribution in [0.2, 0.25) is 0 Å². The second-order valence-electron chi connectivity index (χ2n) is 7.14. The van der Waals surface area contributed by atoms with Gasteiger partial charge in [0.25, 0.3) is 0 Å². The minimum absolute atomic E-state index is 0.287. The van der Waals surface area contributed by atoms with E-state index in [9.17, 15) is 18.0 Å². The Hall–Kier alpha value is -2.97. The molecular formula is C19H18F3N5O. The van der Waals surface area contributed by atoms with Crippen LogP contribution in [0.25, 0.3) is 22.2 Å². The van der Waals surface area contributed by atoms with Gasteiger partial charge in [-0.25, -0.2) is 19.3 Å². The number of anilines is 1. The third-order valence-electron chi connectivity index (χ3n) is 4.58. The van der Waals surface area contributed by atoms with Crippen LogP contribution in [0.15, 0.2) is 24.5 Å². The van der Waals surface area contributed by atoms with Crippen LogP contribution in [0.1, 0.15) is 37.8 Å². The fourth-order valence-electron chi connectivity index (χ4n) is 3.22. The van der Waals surface area contributed by atoms with E-state index in [2.05, 4.69) is 20.3 Å². The third-order valence-corrected chi connectivity index (χ3v) is 4.58. The predicted octanol–water partition coefficient (Wildman–Crippen LogP) is 4.15. The first kappa shape index (κ1) is 18.4. The van der Waals surface area contributed by atoms with E-state index in [1.54, 1.807) is 36.0 Å². The molecule has 3 aromatic heterocycles. The fourth-order valence-corrected chi connectivity index (χ4v) is 3.22. The summed E-state index contributed by atoms with van der Waals surface area (Å²) in [5, 5.41) is 3.24. The molecule has 1 amide bonds. The second-order valence-corrected chi connectivity index (χ2v) is 7.14. The van der Waals surface area contributed by atoms with Gasteiger partial charge in [0.2, 0.25) is 5.91 Å². The molecule has 0 saturated heterocycles. The minimum Gasteiger partial charge on any atom is -0.339 e. The lowest BCUT2D eigenvalue weighted by molar-refractivity contribution is -0.114. The SMILES string of the molecule is CC(=O)Nc1cc2c(-c3cc(C)nc(C(C)(F)F)n3)cn([C@@H]3C[C@H]3F)c2cn1. The monoisotopic (exact) mass is 389 g/mol. The smallest absolute Gasteiger partial charge is 0.303 e. The van der Waals surface area contributed by atoms with Gasteiger partial charge in [0.15, 0.2) is 5.82 Å². The van der Waals surface area contributed by atoms with E-state index in [0.717, 1.165) is 6.92 Å². The summed E-state index contributed by atoms with van der Waals surface area (Å²) in [6, 6.07) is 2.92. The molecule has 0 spiro atoms. The lowest BCUT2D eigenvalue weighted by atomic mass is 10.1. The van der Waals surface area contributed by atoms with Gasteiger partial charge in [0, 0.05) is 43.1 Å². The molecule has 6 nitrogen and oxygen atoms in total. The number of amides is 1. The number of pyridine rings is 1. The van der Waals surface area contributed by atoms with Crippen molar-refractivity contribution < 1.29 is 18.0 Å². The van der Waals surface area contributed by atoms with Crippen LogP contribution in [-0.2, 0) is 10.7 Å². The molecule has 1 aliphatic carbocycles. The maximum Gasteiger partial charge on any atom is 0.303 e. The zero-order valence-corrected chi connectivity index (χ0v) is 15.5. The number of carbonyl (C=O) groups is 1. The van der Waals surface area contributed by atoms with Crippen LogP contribution in [0.4, 0.5) is 19.0 Å². The number of fused-ring (bicyclic) bond motifs is 1. The largest absolute Gasteiger partial charge is 0.339 e. The summed E-state index contributed by atoms with van der Waals surface area (Å²) in [7, 11) is 0. The van der Waals surface area contributed by atoms with E-state index >= 15 is 0 Å². The Morgan fingerprint density at radius 1 is 1.32 bits per heavy atom. The predicted molar refractivity (Wildman–Crippen MR) is 97.9 cm³/mol. The molecule has 0 unspecified atom stereocenters. The number of hydrogen-bond acceptors (Lipinski definition) is 4. The molecule has 4 rings (SSSR count). The fraction of sp³-hybridized carbons (Fsp3) is 0.368. The van der Waals surface area contributed by atoms with E-state index in [1.165, 1.54) is 6.92 Å². The summed E-state index contributed by atoms with van der Waals surface area (Å²) in [6.07, 6.45) is 2.67. The van der Waals surface area contributed by atoms with Crippen molar-refractivity contribution in [2.24, 2.45) is 0 Å². The summed E-state index contributed by atoms with van der Waals surface area (Å²) < 4.78 is 43.1. The van der Waals surface area contributed by atoms with E-state index in [-0.39, 0.29) is 11.9 Å². The number of nitrogens with one attached hydrogen (secondary N) is 1. The molecule has 1 fully saturated rings. The Kier molecular flexibility index (Phi) is 4.13. The first-order chi connectivity index (χ1) is 13.1. The van der Waals surface area contributed by atoms with Gasteiger partial charge in [-0.3, -0.25) is 4.79 Å². The molecule has 1 N–H and O–H groups in total. The number of carbonyl (C=O) groups excluding carboxylic acids is 1. The van der Waals surface area contributed by atoms with Crippen molar-refractivity contribution in [1.29, 1.82) is 0 Å². The molecule has 3 heterocycles. The average molecular weight is 389 g/mol. The van der Waals surface area contributed by atoms with Crippen molar-refractivity contribution in [3.63, 3.8) is 0 Å². The lowest BCUT2D eigenvalue weighted by Gasteiger charge is -2.11. The molecule has 28 heavy (non-hydrogen) atoms. The molecule has 0 bridgehead atoms. The van der Waals surface area contributed by atoms with Crippen LogP contribution in [0.3, 0.4) is 0 Å². The molecular weight excluding hydrogens is 371 g/mol. The Morgan fingerprint density at radius 3 is 2.64 bits per heavy atom. The molecule has 0 aliphatic heterocycles. The van der Waals surface area contributed by atoms with E-state index in [1.807, 2.05) is 0 Å². The number of rotatable bonds is 4. The summed E-state index contributed by atoms with van der Waals surface area (Å²) in [6.45, 7) is 3.72. The van der Waals surface area contributed by atoms with Gasteiger partial charge >= 0.3 is 5.92 Å². The highest BCUT2D eigenvalue weighted by Gasteiger charge is 2.40. The number of hydrogen-bond donors (Lipinski definition) is 1. The summed E-state index contributed by atoms with van der Waals surface area (Å²) in [5.41, 5.74) is 1.91. The summed E-state index contributed by atoms with van der Waals surface area (Å²) in [4.78, 5) is 23.4. The number of alkyl halides is 3. The lowest BCUT2D eigenvalue weighted by Crippen LogP contribution is -2.13. The van der Waals surface area contributed by atoms with Gasteiger partial charge in [-0.05, 0) is 19.1 Å². The maximum atomic E-state index is 13.8. The first-order valence-corrected chi connectivity index (χ1v) is 8.80. The van der Waals surface area contributed by atoms with E-state index < -0.39 is 17.9 Å². The third kappa shape index (κ3) is 3.32. The van der Waals surface area contributed by atoms with Crippen molar-refractivity contribution in [3.05, 3.63) is 36.0 Å². The number of halogens is 3. The second kappa shape index (κ2) is 6.29. The van der Waals surface area contributed by atoms with E-state index in [0.29, 0.717) is 40.1 Å². The Morgan fingerprint density at radius 2 is 2.04 bits per heavy atom. The highest BCUT2D eigenvalue weighted by molar-refractivity contribution is 5.98. The van der Waals surface area contributed by atoms with Gasteiger partial charge in [-0.1, -0.05) is 0 Å². The highest BCUT2D eigenvalue weighted by Crippen LogP contribution is 2.44. The van der Waals surface area contributed by atoms with Gasteiger partial charge in [-0.2, -0.15) is 8.78 Å². The average Bonchev–Trinajstić information content (AvgIpc) is 3.19. The molecule has 1 aliphatic rings. The Labute approximate surface area is 158 Å². The van der Waals surface area contributed by atoms with Crippen LogP contribution < -0.4 is 5.32 Å². The first-order valence-electron chi connectivity index (χ1n) is 8.80. The van der Waals surface area contributed by atoms with Crippen molar-refractivity contribution >= 4 is 22.6 Å². The number of aryl methyl sites for hydroxylation is 1. The maximum absolute atomic E-state index is 13.8. The normalized spacial score (nSPS) is 19.1. The van der Waals surface area contributed by atoms with Gasteiger partial charge in [0.05, 0.1) is 23.4 Å². The van der Waals surface area contributed by atoms with Crippen molar-refractivity contribution in [2.45, 2.75) is 45.3 Å². The highest BCUT2D eigenvalue weighted by atomic mass is 19.3.